The number of fused-ring (bicyclic) bond motifs is 1. The Kier molecular flexibility index (Phi) is 6.80. The second-order valence-electron chi connectivity index (χ2n) is 7.14. The predicted molar refractivity (Wildman–Crippen MR) is 113 cm³/mol. The number of benzene rings is 2. The first-order valence-electron chi connectivity index (χ1n) is 9.36. The van der Waals surface area contributed by atoms with Crippen LogP contribution in [0.15, 0.2) is 48.5 Å². The van der Waals surface area contributed by atoms with Crippen molar-refractivity contribution in [3.05, 3.63) is 54.1 Å². The first-order valence-corrected chi connectivity index (χ1v) is 9.36. The zero-order valence-corrected chi connectivity index (χ0v) is 17.1. The van der Waals surface area contributed by atoms with Crippen LogP contribution in [0.5, 0.6) is 0 Å². The van der Waals surface area contributed by atoms with Crippen LogP contribution in [-0.4, -0.2) is 43.0 Å². The Bertz CT molecular complexity index is 998. The van der Waals surface area contributed by atoms with E-state index in [9.17, 15) is 13.2 Å². The number of ether oxygens (including phenoxy) is 1. The van der Waals surface area contributed by atoms with E-state index in [4.69, 9.17) is 4.74 Å². The molecule has 3 aromatic rings. The molecule has 4 rings (SSSR count). The summed E-state index contributed by atoms with van der Waals surface area (Å²) in [5.41, 5.74) is 0.459. The van der Waals surface area contributed by atoms with Gasteiger partial charge in [-0.1, -0.05) is 36.4 Å². The van der Waals surface area contributed by atoms with Crippen molar-refractivity contribution in [2.45, 2.75) is 12.2 Å². The lowest BCUT2D eigenvalue weighted by molar-refractivity contribution is -0.137. The highest BCUT2D eigenvalue weighted by atomic mass is 35.5. The Morgan fingerprint density at radius 1 is 1.03 bits per heavy atom. The largest absolute Gasteiger partial charge is 0.416 e. The standard InChI is InChI=1S/C21H21F3N4O.ClH/c1-29-12-14-10-25-11-18(14)26-20-17-5-3-2-4-16(17)19(27-28-20)13-6-8-15(9-7-13)21(22,23)24;/h2-9,14,18,25H,10-12H2,1H3,(H,26,28);1H/t14-,18+;/m0./s1. The molecule has 1 fully saturated rings. The third kappa shape index (κ3) is 4.50. The van der Waals surface area contributed by atoms with Crippen molar-refractivity contribution in [3.8, 4) is 11.3 Å². The Hall–Kier alpha value is -2.42. The summed E-state index contributed by atoms with van der Waals surface area (Å²) in [5.74, 6) is 0.973. The number of rotatable bonds is 5. The number of aromatic nitrogens is 2. The van der Waals surface area contributed by atoms with Crippen LogP contribution in [0.4, 0.5) is 19.0 Å². The smallest absolute Gasteiger partial charge is 0.384 e. The molecule has 1 saturated heterocycles. The third-order valence-electron chi connectivity index (χ3n) is 5.22. The highest BCUT2D eigenvalue weighted by Crippen LogP contribution is 2.33. The van der Waals surface area contributed by atoms with Crippen LogP contribution in [0, 0.1) is 5.92 Å². The minimum absolute atomic E-state index is 0. The second kappa shape index (κ2) is 9.16. The molecule has 0 radical (unpaired) electrons. The van der Waals surface area contributed by atoms with Crippen LogP contribution in [0.25, 0.3) is 22.0 Å². The van der Waals surface area contributed by atoms with Crippen LogP contribution < -0.4 is 10.6 Å². The maximum Gasteiger partial charge on any atom is 0.416 e. The summed E-state index contributed by atoms with van der Waals surface area (Å²) in [4.78, 5) is 0. The molecule has 160 valence electrons. The third-order valence-corrected chi connectivity index (χ3v) is 5.22. The average Bonchev–Trinajstić information content (AvgIpc) is 3.15. The molecule has 0 aliphatic carbocycles. The van der Waals surface area contributed by atoms with Crippen molar-refractivity contribution >= 4 is 29.0 Å². The van der Waals surface area contributed by atoms with E-state index in [0.717, 1.165) is 36.0 Å². The fourth-order valence-electron chi connectivity index (χ4n) is 3.71. The molecule has 9 heteroatoms. The fourth-order valence-corrected chi connectivity index (χ4v) is 3.71. The number of anilines is 1. The zero-order valence-electron chi connectivity index (χ0n) is 16.2. The van der Waals surface area contributed by atoms with Gasteiger partial charge in [0, 0.05) is 48.5 Å². The average molecular weight is 439 g/mol. The molecule has 0 amide bonds. The van der Waals surface area contributed by atoms with Crippen LogP contribution >= 0.6 is 12.4 Å². The Labute approximate surface area is 178 Å². The number of alkyl halides is 3. The molecule has 1 aliphatic heterocycles. The van der Waals surface area contributed by atoms with Gasteiger partial charge in [0.2, 0.25) is 0 Å². The first kappa shape index (κ1) is 22.3. The first-order chi connectivity index (χ1) is 14.0. The van der Waals surface area contributed by atoms with Gasteiger partial charge in [0.25, 0.3) is 0 Å². The molecule has 1 aromatic heterocycles. The molecular formula is C21H22ClF3N4O. The number of hydrogen-bond donors (Lipinski definition) is 2. The van der Waals surface area contributed by atoms with Gasteiger partial charge in [0.1, 0.15) is 5.69 Å². The van der Waals surface area contributed by atoms with E-state index in [1.807, 2.05) is 24.3 Å². The summed E-state index contributed by atoms with van der Waals surface area (Å²) < 4.78 is 43.9. The predicted octanol–water partition coefficient (Wildman–Crippen LogP) is 4.38. The summed E-state index contributed by atoms with van der Waals surface area (Å²) in [6.45, 7) is 2.30. The number of halogens is 4. The van der Waals surface area contributed by atoms with Gasteiger partial charge in [-0.05, 0) is 12.1 Å². The quantitative estimate of drug-likeness (QED) is 0.619. The summed E-state index contributed by atoms with van der Waals surface area (Å²) in [6, 6.07) is 12.8. The van der Waals surface area contributed by atoms with Crippen molar-refractivity contribution in [3.63, 3.8) is 0 Å². The number of hydrogen-bond acceptors (Lipinski definition) is 5. The van der Waals surface area contributed by atoms with Gasteiger partial charge in [0.05, 0.1) is 12.2 Å². The van der Waals surface area contributed by atoms with Gasteiger partial charge in [-0.3, -0.25) is 0 Å². The molecule has 2 N–H and O–H groups in total. The normalized spacial score (nSPS) is 18.9. The van der Waals surface area contributed by atoms with Crippen molar-refractivity contribution in [1.29, 1.82) is 0 Å². The Morgan fingerprint density at radius 2 is 1.73 bits per heavy atom. The number of nitrogens with zero attached hydrogens (tertiary/aromatic N) is 2. The summed E-state index contributed by atoms with van der Waals surface area (Å²) in [6.07, 6.45) is -4.37. The Balaban J connectivity index is 0.00000256. The molecule has 0 bridgehead atoms. The molecule has 30 heavy (non-hydrogen) atoms. The lowest BCUT2D eigenvalue weighted by atomic mass is 10.0. The van der Waals surface area contributed by atoms with Crippen LogP contribution in [-0.2, 0) is 10.9 Å². The highest BCUT2D eigenvalue weighted by molar-refractivity contribution is 6.00. The van der Waals surface area contributed by atoms with Crippen LogP contribution in [0.3, 0.4) is 0 Å². The van der Waals surface area contributed by atoms with Gasteiger partial charge in [0.15, 0.2) is 5.82 Å². The molecule has 0 saturated carbocycles. The van der Waals surface area contributed by atoms with Crippen LogP contribution in [0.2, 0.25) is 0 Å². The van der Waals surface area contributed by atoms with Crippen molar-refractivity contribution in [1.82, 2.24) is 15.5 Å². The van der Waals surface area contributed by atoms with Crippen molar-refractivity contribution in [2.75, 3.05) is 32.1 Å². The molecule has 0 unspecified atom stereocenters. The van der Waals surface area contributed by atoms with Crippen molar-refractivity contribution < 1.29 is 17.9 Å². The van der Waals surface area contributed by atoms with Crippen LogP contribution in [0.1, 0.15) is 5.56 Å². The highest BCUT2D eigenvalue weighted by Gasteiger charge is 2.30. The SMILES string of the molecule is COC[C@@H]1CNC[C@H]1Nc1nnc(-c2ccc(C(F)(F)F)cc2)c2ccccc12.Cl. The van der Waals surface area contributed by atoms with Gasteiger partial charge < -0.3 is 15.4 Å². The minimum atomic E-state index is -4.37. The number of methoxy groups -OCH3 is 1. The monoisotopic (exact) mass is 438 g/mol. The Morgan fingerprint density at radius 3 is 2.40 bits per heavy atom. The van der Waals surface area contributed by atoms with Gasteiger partial charge >= 0.3 is 6.18 Å². The maximum atomic E-state index is 12.9. The second-order valence-corrected chi connectivity index (χ2v) is 7.14. The van der Waals surface area contributed by atoms with E-state index in [2.05, 4.69) is 20.8 Å². The fraction of sp³-hybridized carbons (Fsp3) is 0.333. The molecule has 0 spiro atoms. The minimum Gasteiger partial charge on any atom is -0.384 e. The molecule has 2 aromatic carbocycles. The van der Waals surface area contributed by atoms with Gasteiger partial charge in [-0.25, -0.2) is 0 Å². The zero-order chi connectivity index (χ0) is 20.4. The molecule has 2 atom stereocenters. The van der Waals surface area contributed by atoms with E-state index in [0.29, 0.717) is 29.6 Å². The van der Waals surface area contributed by atoms with E-state index in [1.165, 1.54) is 12.1 Å². The summed E-state index contributed by atoms with van der Waals surface area (Å²) in [7, 11) is 1.68. The molecule has 5 nitrogen and oxygen atoms in total. The van der Waals surface area contributed by atoms with Crippen molar-refractivity contribution in [2.24, 2.45) is 5.92 Å². The van der Waals surface area contributed by atoms with Gasteiger partial charge in [-0.2, -0.15) is 13.2 Å². The van der Waals surface area contributed by atoms with Gasteiger partial charge in [-0.15, -0.1) is 22.6 Å². The summed E-state index contributed by atoms with van der Waals surface area (Å²) in [5, 5.41) is 17.2. The summed E-state index contributed by atoms with van der Waals surface area (Å²) >= 11 is 0. The topological polar surface area (TPSA) is 59.1 Å². The van der Waals surface area contributed by atoms with E-state index < -0.39 is 11.7 Å². The maximum absolute atomic E-state index is 12.9. The molecule has 1 aliphatic rings. The molecule has 2 heterocycles. The van der Waals surface area contributed by atoms with E-state index >= 15 is 0 Å². The lowest BCUT2D eigenvalue weighted by Crippen LogP contribution is -2.31. The molecular weight excluding hydrogens is 417 g/mol. The van der Waals surface area contributed by atoms with E-state index in [-0.39, 0.29) is 18.4 Å². The number of nitrogens with one attached hydrogen (secondary N) is 2. The van der Waals surface area contributed by atoms with E-state index in [1.54, 1.807) is 7.11 Å². The lowest BCUT2D eigenvalue weighted by Gasteiger charge is -2.21.